The summed E-state index contributed by atoms with van der Waals surface area (Å²) in [6.07, 6.45) is 5.71. The third kappa shape index (κ3) is 2.12. The average Bonchev–Trinajstić information content (AvgIpc) is 2.72. The molecule has 0 radical (unpaired) electrons. The van der Waals surface area contributed by atoms with E-state index in [0.717, 1.165) is 12.8 Å². The van der Waals surface area contributed by atoms with Gasteiger partial charge in [-0.3, -0.25) is 0 Å². The van der Waals surface area contributed by atoms with Crippen molar-refractivity contribution in [3.05, 3.63) is 0 Å². The molecule has 0 spiro atoms. The Bertz CT molecular complexity index is 344. The fraction of sp³-hybridized carbons (Fsp3) is 1.00. The first-order valence-corrected chi connectivity index (χ1v) is 8.17. The first kappa shape index (κ1) is 12.7. The number of hydrogen-bond donors (Lipinski definition) is 0. The van der Waals surface area contributed by atoms with Crippen molar-refractivity contribution in [2.45, 2.75) is 50.3 Å². The summed E-state index contributed by atoms with van der Waals surface area (Å²) in [6.45, 7) is 2.41. The quantitative estimate of drug-likeness (QED) is 0.734. The Hall–Kier alpha value is 0.200. The van der Waals surface area contributed by atoms with Crippen molar-refractivity contribution in [3.8, 4) is 0 Å². The Kier molecular flexibility index (Phi) is 3.82. The van der Waals surface area contributed by atoms with Crippen LogP contribution in [-0.4, -0.2) is 36.4 Å². The van der Waals surface area contributed by atoms with Crippen LogP contribution >= 0.6 is 11.6 Å². The lowest BCUT2D eigenvalue weighted by molar-refractivity contribution is 0.259. The monoisotopic (exact) mass is 265 g/mol. The summed E-state index contributed by atoms with van der Waals surface area (Å²) in [5, 5.41) is -0.449. The van der Waals surface area contributed by atoms with E-state index in [-0.39, 0.29) is 11.9 Å². The second kappa shape index (κ2) is 4.83. The van der Waals surface area contributed by atoms with Gasteiger partial charge in [-0.25, -0.2) is 8.42 Å². The van der Waals surface area contributed by atoms with Crippen LogP contribution in [0.1, 0.15) is 39.0 Å². The third-order valence-electron chi connectivity index (χ3n) is 4.01. The van der Waals surface area contributed by atoms with E-state index < -0.39 is 15.3 Å². The maximum absolute atomic E-state index is 12.3. The first-order valence-electron chi connectivity index (χ1n) is 6.14. The minimum absolute atomic E-state index is 0.191. The molecule has 0 aromatic heterocycles. The van der Waals surface area contributed by atoms with Crippen LogP contribution in [0.25, 0.3) is 0 Å². The minimum Gasteiger partial charge on any atom is -0.212 e. The largest absolute Gasteiger partial charge is 0.218 e. The zero-order valence-electron chi connectivity index (χ0n) is 9.73. The average molecular weight is 266 g/mol. The Labute approximate surface area is 103 Å². The molecule has 3 atom stereocenters. The molecule has 0 N–H and O–H groups in total. The predicted molar refractivity (Wildman–Crippen MR) is 66.2 cm³/mol. The van der Waals surface area contributed by atoms with Crippen molar-refractivity contribution in [2.75, 3.05) is 12.4 Å². The van der Waals surface area contributed by atoms with Crippen molar-refractivity contribution in [1.82, 2.24) is 4.31 Å². The van der Waals surface area contributed by atoms with Gasteiger partial charge in [-0.1, -0.05) is 12.8 Å². The molecule has 3 nitrogen and oxygen atoms in total. The molecule has 2 rings (SSSR count). The second-order valence-electron chi connectivity index (χ2n) is 5.02. The highest BCUT2D eigenvalue weighted by Gasteiger charge is 2.43. The SMILES string of the molecule is CC(CCl)S(=O)(=O)N1CCC2CCCCC21. The smallest absolute Gasteiger partial charge is 0.212 e. The van der Waals surface area contributed by atoms with E-state index >= 15 is 0 Å². The maximum Gasteiger partial charge on any atom is 0.218 e. The molecule has 94 valence electrons. The van der Waals surface area contributed by atoms with Gasteiger partial charge >= 0.3 is 0 Å². The van der Waals surface area contributed by atoms with Gasteiger partial charge in [0.15, 0.2) is 0 Å². The van der Waals surface area contributed by atoms with Gasteiger partial charge in [0.25, 0.3) is 0 Å². The first-order chi connectivity index (χ1) is 7.57. The number of alkyl halides is 1. The van der Waals surface area contributed by atoms with Gasteiger partial charge in [0.2, 0.25) is 10.0 Å². The summed E-state index contributed by atoms with van der Waals surface area (Å²) < 4.78 is 26.3. The molecule has 0 bridgehead atoms. The van der Waals surface area contributed by atoms with Crippen molar-refractivity contribution in [1.29, 1.82) is 0 Å². The van der Waals surface area contributed by atoms with Crippen LogP contribution in [0.4, 0.5) is 0 Å². The van der Waals surface area contributed by atoms with E-state index in [0.29, 0.717) is 12.5 Å². The van der Waals surface area contributed by atoms with E-state index in [2.05, 4.69) is 0 Å². The van der Waals surface area contributed by atoms with Crippen molar-refractivity contribution in [2.24, 2.45) is 5.92 Å². The summed E-state index contributed by atoms with van der Waals surface area (Å²) in [5.74, 6) is 0.794. The van der Waals surface area contributed by atoms with Crippen LogP contribution in [0.2, 0.25) is 0 Å². The van der Waals surface area contributed by atoms with Crippen LogP contribution in [0.5, 0.6) is 0 Å². The molecular formula is C11H20ClNO2S. The highest BCUT2D eigenvalue weighted by atomic mass is 35.5. The molecule has 1 aliphatic carbocycles. The Morgan fingerprint density at radius 1 is 1.31 bits per heavy atom. The van der Waals surface area contributed by atoms with Gasteiger partial charge < -0.3 is 0 Å². The molecule has 1 heterocycles. The summed E-state index contributed by atoms with van der Waals surface area (Å²) >= 11 is 5.68. The molecule has 5 heteroatoms. The fourth-order valence-corrected chi connectivity index (χ4v) is 5.10. The number of halogens is 1. The van der Waals surface area contributed by atoms with Crippen LogP contribution in [0.15, 0.2) is 0 Å². The van der Waals surface area contributed by atoms with Gasteiger partial charge in [0.05, 0.1) is 5.25 Å². The van der Waals surface area contributed by atoms with E-state index in [4.69, 9.17) is 11.6 Å². The third-order valence-corrected chi connectivity index (χ3v) is 6.95. The number of rotatable bonds is 3. The summed E-state index contributed by atoms with van der Waals surface area (Å²) in [4.78, 5) is 0. The maximum atomic E-state index is 12.3. The van der Waals surface area contributed by atoms with Crippen LogP contribution < -0.4 is 0 Å². The highest BCUT2D eigenvalue weighted by Crippen LogP contribution is 2.38. The van der Waals surface area contributed by atoms with Gasteiger partial charge in [-0.15, -0.1) is 11.6 Å². The van der Waals surface area contributed by atoms with E-state index in [1.165, 1.54) is 19.3 Å². The van der Waals surface area contributed by atoms with Gasteiger partial charge in [0, 0.05) is 18.5 Å². The lowest BCUT2D eigenvalue weighted by Crippen LogP contribution is -2.43. The topological polar surface area (TPSA) is 37.4 Å². The predicted octanol–water partition coefficient (Wildman–Crippen LogP) is 2.21. The lowest BCUT2D eigenvalue weighted by Gasteiger charge is -2.32. The van der Waals surface area contributed by atoms with Gasteiger partial charge in [-0.2, -0.15) is 4.31 Å². The molecular weight excluding hydrogens is 246 g/mol. The molecule has 1 aliphatic heterocycles. The van der Waals surface area contributed by atoms with Crippen LogP contribution in [-0.2, 0) is 10.0 Å². The zero-order valence-corrected chi connectivity index (χ0v) is 11.3. The van der Waals surface area contributed by atoms with Crippen LogP contribution in [0, 0.1) is 5.92 Å². The molecule has 3 unspecified atom stereocenters. The van der Waals surface area contributed by atoms with Crippen molar-refractivity contribution in [3.63, 3.8) is 0 Å². The molecule has 0 amide bonds. The lowest BCUT2D eigenvalue weighted by atomic mass is 9.86. The summed E-state index contributed by atoms with van der Waals surface area (Å²) in [7, 11) is -3.16. The van der Waals surface area contributed by atoms with E-state index in [9.17, 15) is 8.42 Å². The number of sulfonamides is 1. The molecule has 16 heavy (non-hydrogen) atoms. The van der Waals surface area contributed by atoms with Gasteiger partial charge in [0.1, 0.15) is 0 Å². The van der Waals surface area contributed by atoms with Crippen molar-refractivity contribution < 1.29 is 8.42 Å². The fourth-order valence-electron chi connectivity index (χ4n) is 2.99. The molecule has 1 saturated carbocycles. The minimum atomic E-state index is -3.16. The molecule has 2 aliphatic rings. The normalized spacial score (nSPS) is 33.6. The molecule has 1 saturated heterocycles. The summed E-state index contributed by atoms with van der Waals surface area (Å²) in [5.41, 5.74) is 0. The van der Waals surface area contributed by atoms with Crippen molar-refractivity contribution >= 4 is 21.6 Å². The molecule has 0 aromatic rings. The molecule has 2 fully saturated rings. The van der Waals surface area contributed by atoms with E-state index in [1.54, 1.807) is 11.2 Å². The van der Waals surface area contributed by atoms with Crippen LogP contribution in [0.3, 0.4) is 0 Å². The molecule has 0 aromatic carbocycles. The number of nitrogens with zero attached hydrogens (tertiary/aromatic N) is 1. The summed E-state index contributed by atoms with van der Waals surface area (Å²) in [6, 6.07) is 0.268. The van der Waals surface area contributed by atoms with Gasteiger partial charge in [-0.05, 0) is 32.1 Å². The Morgan fingerprint density at radius 3 is 2.69 bits per heavy atom. The second-order valence-corrected chi connectivity index (χ2v) is 7.63. The Morgan fingerprint density at radius 2 is 2.00 bits per heavy atom. The van der Waals surface area contributed by atoms with E-state index in [1.807, 2.05) is 0 Å². The Balaban J connectivity index is 2.16. The number of fused-ring (bicyclic) bond motifs is 1. The zero-order chi connectivity index (χ0) is 11.8. The highest BCUT2D eigenvalue weighted by molar-refractivity contribution is 7.89. The standard InChI is InChI=1S/C11H20ClNO2S/c1-9(8-12)16(14,15)13-7-6-10-4-2-3-5-11(10)13/h9-11H,2-8H2,1H3. The number of hydrogen-bond acceptors (Lipinski definition) is 2.